The molecule has 1 aromatic rings. The van der Waals surface area contributed by atoms with Crippen LogP contribution in [0.4, 0.5) is 8.78 Å². The van der Waals surface area contributed by atoms with E-state index in [9.17, 15) is 18.4 Å². The number of carboxylic acid groups (broad SMARTS) is 1. The number of ketones is 1. The Morgan fingerprint density at radius 3 is 2.20 bits per heavy atom. The lowest BCUT2D eigenvalue weighted by atomic mass is 9.99. The quantitative estimate of drug-likeness (QED) is 0.612. The van der Waals surface area contributed by atoms with E-state index in [0.29, 0.717) is 0 Å². The van der Waals surface area contributed by atoms with Gasteiger partial charge < -0.3 is 5.11 Å². The minimum absolute atomic E-state index is 0.0125. The molecule has 0 aliphatic heterocycles. The Hall–Kier alpha value is -1.78. The molecule has 0 fully saturated rings. The molecular weight excluding hydrogens is 206 g/mol. The summed E-state index contributed by atoms with van der Waals surface area (Å²) in [6.45, 7) is -1.27. The van der Waals surface area contributed by atoms with Crippen molar-refractivity contribution in [1.82, 2.24) is 0 Å². The van der Waals surface area contributed by atoms with E-state index in [-0.39, 0.29) is 5.56 Å². The van der Waals surface area contributed by atoms with Gasteiger partial charge in [-0.3, -0.25) is 9.59 Å². The maximum Gasteiger partial charge on any atom is 0.317 e. The van der Waals surface area contributed by atoms with E-state index in [1.807, 2.05) is 0 Å². The molecule has 1 aromatic carbocycles. The van der Waals surface area contributed by atoms with Gasteiger partial charge in [-0.25, -0.2) is 8.78 Å². The summed E-state index contributed by atoms with van der Waals surface area (Å²) in [7, 11) is 0. The molecule has 5 heteroatoms. The van der Waals surface area contributed by atoms with Crippen LogP contribution in [0.2, 0.25) is 0 Å². The molecule has 0 radical (unpaired) electrons. The summed E-state index contributed by atoms with van der Waals surface area (Å²) < 4.78 is 24.7. The highest BCUT2D eigenvalue weighted by Gasteiger charge is 2.27. The van der Waals surface area contributed by atoms with Crippen LogP contribution in [0, 0.1) is 11.7 Å². The number of Topliss-reactive ketones (excluding diaryl/α,β-unsaturated/α-hetero) is 1. The molecule has 1 unspecified atom stereocenters. The lowest BCUT2D eigenvalue weighted by molar-refractivity contribution is -0.140. The number of rotatable bonds is 4. The van der Waals surface area contributed by atoms with Crippen molar-refractivity contribution < 1.29 is 23.5 Å². The molecule has 0 saturated carbocycles. The van der Waals surface area contributed by atoms with Gasteiger partial charge in [0.1, 0.15) is 18.4 Å². The smallest absolute Gasteiger partial charge is 0.317 e. The van der Waals surface area contributed by atoms with Crippen LogP contribution in [0.15, 0.2) is 24.3 Å². The summed E-state index contributed by atoms with van der Waals surface area (Å²) >= 11 is 0. The highest BCUT2D eigenvalue weighted by atomic mass is 19.1. The Labute approximate surface area is 84.3 Å². The molecule has 3 nitrogen and oxygen atoms in total. The number of hydrogen-bond acceptors (Lipinski definition) is 2. The molecule has 1 N–H and O–H groups in total. The Kier molecular flexibility index (Phi) is 3.49. The summed E-state index contributed by atoms with van der Waals surface area (Å²) in [5.41, 5.74) is -0.0125. The third-order valence-corrected chi connectivity index (χ3v) is 1.90. The van der Waals surface area contributed by atoms with Gasteiger partial charge in [0.05, 0.1) is 0 Å². The number of aliphatic carboxylic acids is 1. The van der Waals surface area contributed by atoms with Gasteiger partial charge in [0.2, 0.25) is 0 Å². The number of hydrogen-bond donors (Lipinski definition) is 1. The largest absolute Gasteiger partial charge is 0.481 e. The number of carboxylic acids is 1. The number of halogens is 2. The van der Waals surface area contributed by atoms with Crippen LogP contribution in [-0.2, 0) is 4.79 Å². The summed E-state index contributed by atoms with van der Waals surface area (Å²) in [6.07, 6.45) is 0. The average Bonchev–Trinajstić information content (AvgIpc) is 2.19. The van der Waals surface area contributed by atoms with Crippen LogP contribution in [0.1, 0.15) is 10.4 Å². The standard InChI is InChI=1S/C10H8F2O3/c11-5-8(10(14)15)9(13)6-1-3-7(12)4-2-6/h1-4,8H,5H2,(H,14,15). The molecule has 0 amide bonds. The Morgan fingerprint density at radius 2 is 1.80 bits per heavy atom. The topological polar surface area (TPSA) is 54.4 Å². The van der Waals surface area contributed by atoms with Crippen molar-refractivity contribution in [2.24, 2.45) is 5.92 Å². The Morgan fingerprint density at radius 1 is 1.27 bits per heavy atom. The summed E-state index contributed by atoms with van der Waals surface area (Å²) in [5.74, 6) is -4.63. The molecule has 1 rings (SSSR count). The van der Waals surface area contributed by atoms with Crippen molar-refractivity contribution in [1.29, 1.82) is 0 Å². The number of benzene rings is 1. The van der Waals surface area contributed by atoms with Gasteiger partial charge in [0.15, 0.2) is 5.78 Å². The Balaban J connectivity index is 2.93. The molecule has 0 aliphatic rings. The minimum Gasteiger partial charge on any atom is -0.481 e. The third kappa shape index (κ3) is 2.59. The third-order valence-electron chi connectivity index (χ3n) is 1.90. The maximum atomic E-state index is 12.5. The molecule has 1 atom stereocenters. The van der Waals surface area contributed by atoms with E-state index in [2.05, 4.69) is 0 Å². The van der Waals surface area contributed by atoms with Gasteiger partial charge in [-0.15, -0.1) is 0 Å². The molecule has 0 bridgehead atoms. The zero-order chi connectivity index (χ0) is 11.4. The molecule has 0 spiro atoms. The molecule has 0 aliphatic carbocycles. The van der Waals surface area contributed by atoms with Crippen LogP contribution in [-0.4, -0.2) is 23.5 Å². The van der Waals surface area contributed by atoms with Crippen molar-refractivity contribution in [2.75, 3.05) is 6.67 Å². The molecule has 0 heterocycles. The second-order valence-electron chi connectivity index (χ2n) is 2.92. The zero-order valence-electron chi connectivity index (χ0n) is 7.61. The first-order valence-corrected chi connectivity index (χ1v) is 4.15. The maximum absolute atomic E-state index is 12.5. The molecule has 0 aromatic heterocycles. The normalized spacial score (nSPS) is 12.1. The van der Waals surface area contributed by atoms with E-state index in [0.717, 1.165) is 24.3 Å². The number of carbonyl (C=O) groups excluding carboxylic acids is 1. The first-order valence-electron chi connectivity index (χ1n) is 4.15. The minimum atomic E-state index is -1.71. The summed E-state index contributed by atoms with van der Waals surface area (Å²) in [4.78, 5) is 21.9. The van der Waals surface area contributed by atoms with E-state index in [1.54, 1.807) is 0 Å². The van der Waals surface area contributed by atoms with E-state index in [4.69, 9.17) is 5.11 Å². The number of alkyl halides is 1. The SMILES string of the molecule is O=C(O)C(CF)C(=O)c1ccc(F)cc1. The van der Waals surface area contributed by atoms with Crippen LogP contribution in [0.3, 0.4) is 0 Å². The zero-order valence-corrected chi connectivity index (χ0v) is 7.61. The fourth-order valence-corrected chi connectivity index (χ4v) is 1.06. The van der Waals surface area contributed by atoms with Gasteiger partial charge in [-0.05, 0) is 24.3 Å². The van der Waals surface area contributed by atoms with Crippen molar-refractivity contribution in [3.05, 3.63) is 35.6 Å². The van der Waals surface area contributed by atoms with Crippen LogP contribution in [0.25, 0.3) is 0 Å². The first-order chi connectivity index (χ1) is 7.06. The average molecular weight is 214 g/mol. The van der Waals surface area contributed by atoms with Gasteiger partial charge in [0, 0.05) is 5.56 Å². The van der Waals surface area contributed by atoms with Crippen LogP contribution < -0.4 is 0 Å². The molecule has 0 saturated heterocycles. The predicted molar refractivity (Wildman–Crippen MR) is 47.8 cm³/mol. The lowest BCUT2D eigenvalue weighted by Crippen LogP contribution is -2.25. The van der Waals surface area contributed by atoms with Gasteiger partial charge in [-0.2, -0.15) is 0 Å². The van der Waals surface area contributed by atoms with E-state index < -0.39 is 30.2 Å². The van der Waals surface area contributed by atoms with Crippen LogP contribution in [0.5, 0.6) is 0 Å². The second-order valence-corrected chi connectivity index (χ2v) is 2.92. The van der Waals surface area contributed by atoms with E-state index in [1.165, 1.54) is 0 Å². The summed E-state index contributed by atoms with van der Waals surface area (Å²) in [6, 6.07) is 4.29. The van der Waals surface area contributed by atoms with Crippen molar-refractivity contribution in [3.63, 3.8) is 0 Å². The number of carbonyl (C=O) groups is 2. The van der Waals surface area contributed by atoms with Gasteiger partial charge in [-0.1, -0.05) is 0 Å². The fourth-order valence-electron chi connectivity index (χ4n) is 1.06. The van der Waals surface area contributed by atoms with Crippen molar-refractivity contribution in [3.8, 4) is 0 Å². The molecule has 80 valence electrons. The van der Waals surface area contributed by atoms with Crippen molar-refractivity contribution >= 4 is 11.8 Å². The molecule has 15 heavy (non-hydrogen) atoms. The van der Waals surface area contributed by atoms with Gasteiger partial charge in [0.25, 0.3) is 0 Å². The fraction of sp³-hybridized carbons (Fsp3) is 0.200. The lowest BCUT2D eigenvalue weighted by Gasteiger charge is -2.06. The monoisotopic (exact) mass is 214 g/mol. The van der Waals surface area contributed by atoms with E-state index >= 15 is 0 Å². The predicted octanol–water partition coefficient (Wildman–Crippen LogP) is 1.68. The van der Waals surface area contributed by atoms with Gasteiger partial charge >= 0.3 is 5.97 Å². The first kappa shape index (κ1) is 11.3. The van der Waals surface area contributed by atoms with Crippen LogP contribution >= 0.6 is 0 Å². The second kappa shape index (κ2) is 4.63. The highest BCUT2D eigenvalue weighted by molar-refractivity contribution is 6.08. The molecular formula is C10H8F2O3. The Bertz CT molecular complexity index is 373. The summed E-state index contributed by atoms with van der Waals surface area (Å²) in [5, 5.41) is 8.52. The highest BCUT2D eigenvalue weighted by Crippen LogP contribution is 2.11. The van der Waals surface area contributed by atoms with Crippen molar-refractivity contribution in [2.45, 2.75) is 0 Å².